The molecule has 0 fully saturated rings. The van der Waals surface area contributed by atoms with Crippen LogP contribution in [-0.4, -0.2) is 56.9 Å². The second-order valence-corrected chi connectivity index (χ2v) is 4.50. The van der Waals surface area contributed by atoms with Crippen molar-refractivity contribution in [1.82, 2.24) is 4.90 Å². The molecule has 0 heterocycles. The van der Waals surface area contributed by atoms with Gasteiger partial charge >= 0.3 is 11.9 Å². The van der Waals surface area contributed by atoms with Gasteiger partial charge in [-0.2, -0.15) is 0 Å². The van der Waals surface area contributed by atoms with E-state index in [4.69, 9.17) is 10.2 Å². The largest absolute Gasteiger partial charge is 0.508 e. The zero-order valence-corrected chi connectivity index (χ0v) is 10.9. The normalized spacial score (nSPS) is 13.9. The van der Waals surface area contributed by atoms with Gasteiger partial charge in [0, 0.05) is 6.54 Å². The Morgan fingerprint density at radius 1 is 1.30 bits per heavy atom. The molecule has 1 aromatic rings. The summed E-state index contributed by atoms with van der Waals surface area (Å²) in [5.41, 5.74) is 0.427. The molecule has 0 saturated carbocycles. The van der Waals surface area contributed by atoms with Crippen molar-refractivity contribution in [2.24, 2.45) is 0 Å². The molecular weight excluding hydrogens is 266 g/mol. The zero-order chi connectivity index (χ0) is 15.3. The Kier molecular flexibility index (Phi) is 5.48. The van der Waals surface area contributed by atoms with E-state index in [1.54, 1.807) is 12.1 Å². The van der Waals surface area contributed by atoms with Crippen molar-refractivity contribution in [2.75, 3.05) is 13.6 Å². The zero-order valence-electron chi connectivity index (χ0n) is 10.9. The first-order chi connectivity index (χ1) is 9.31. The summed E-state index contributed by atoms with van der Waals surface area (Å²) in [4.78, 5) is 22.9. The minimum atomic E-state index is -1.27. The average molecular weight is 283 g/mol. The molecule has 1 rings (SSSR count). The molecule has 0 amide bonds. The van der Waals surface area contributed by atoms with Crippen LogP contribution in [0.5, 0.6) is 5.75 Å². The Bertz CT molecular complexity index is 490. The lowest BCUT2D eigenvalue weighted by Gasteiger charge is -2.25. The number of aliphatic hydroxyl groups excluding tert-OH is 1. The average Bonchev–Trinajstić information content (AvgIpc) is 2.35. The van der Waals surface area contributed by atoms with Crippen LogP contribution in [-0.2, 0) is 9.59 Å². The number of carboxylic acid groups (broad SMARTS) is 2. The molecule has 0 spiro atoms. The van der Waals surface area contributed by atoms with Crippen LogP contribution in [0.1, 0.15) is 18.1 Å². The van der Waals surface area contributed by atoms with Crippen LogP contribution in [0.4, 0.5) is 0 Å². The first-order valence-electron chi connectivity index (χ1n) is 5.93. The molecule has 7 nitrogen and oxygen atoms in total. The van der Waals surface area contributed by atoms with Gasteiger partial charge in [-0.05, 0) is 24.7 Å². The topological polar surface area (TPSA) is 118 Å². The van der Waals surface area contributed by atoms with Crippen molar-refractivity contribution in [3.63, 3.8) is 0 Å². The van der Waals surface area contributed by atoms with E-state index in [9.17, 15) is 19.8 Å². The van der Waals surface area contributed by atoms with Crippen LogP contribution in [0.3, 0.4) is 0 Å². The van der Waals surface area contributed by atoms with Gasteiger partial charge in [-0.3, -0.25) is 14.5 Å². The lowest BCUT2D eigenvalue weighted by atomic mass is 10.1. The number of benzene rings is 1. The summed E-state index contributed by atoms with van der Waals surface area (Å²) in [7, 11) is 1.42. The van der Waals surface area contributed by atoms with Crippen molar-refractivity contribution in [3.05, 3.63) is 29.8 Å². The molecule has 0 aliphatic heterocycles. The molecule has 0 aliphatic carbocycles. The molecule has 0 radical (unpaired) electrons. The maximum atomic E-state index is 11.0. The quantitative estimate of drug-likeness (QED) is 0.567. The SMILES string of the molecule is CN(C[C@@H](O)c1cccc(O)c1)C(CC(=O)O)C(=O)O. The third-order valence-electron chi connectivity index (χ3n) is 2.90. The van der Waals surface area contributed by atoms with E-state index < -0.39 is 30.5 Å². The van der Waals surface area contributed by atoms with Gasteiger partial charge < -0.3 is 20.4 Å². The van der Waals surface area contributed by atoms with Gasteiger partial charge in [0.25, 0.3) is 0 Å². The lowest BCUT2D eigenvalue weighted by molar-refractivity contribution is -0.149. The van der Waals surface area contributed by atoms with E-state index in [1.807, 2.05) is 0 Å². The third kappa shape index (κ3) is 4.52. The summed E-state index contributed by atoms with van der Waals surface area (Å²) < 4.78 is 0. The molecule has 0 bridgehead atoms. The maximum Gasteiger partial charge on any atom is 0.321 e. The van der Waals surface area contributed by atoms with Crippen LogP contribution in [0.15, 0.2) is 24.3 Å². The molecule has 0 saturated heterocycles. The Hall–Kier alpha value is -2.12. The van der Waals surface area contributed by atoms with E-state index in [0.717, 1.165) is 0 Å². The molecule has 2 atom stereocenters. The molecule has 4 N–H and O–H groups in total. The highest BCUT2D eigenvalue weighted by molar-refractivity contribution is 5.80. The molecule has 0 aromatic heterocycles. The number of phenols is 1. The number of aliphatic carboxylic acids is 2. The van der Waals surface area contributed by atoms with Crippen molar-refractivity contribution in [2.45, 2.75) is 18.6 Å². The molecule has 0 aliphatic rings. The van der Waals surface area contributed by atoms with Crippen molar-refractivity contribution in [3.8, 4) is 5.75 Å². The second kappa shape index (κ2) is 6.88. The number of carboxylic acids is 2. The van der Waals surface area contributed by atoms with E-state index >= 15 is 0 Å². The third-order valence-corrected chi connectivity index (χ3v) is 2.90. The van der Waals surface area contributed by atoms with Gasteiger partial charge in [0.05, 0.1) is 12.5 Å². The number of hydrogen-bond donors (Lipinski definition) is 4. The molecule has 1 unspecified atom stereocenters. The van der Waals surface area contributed by atoms with Crippen molar-refractivity contribution >= 4 is 11.9 Å². The van der Waals surface area contributed by atoms with Gasteiger partial charge in [0.1, 0.15) is 11.8 Å². The van der Waals surface area contributed by atoms with Crippen LogP contribution in [0.25, 0.3) is 0 Å². The van der Waals surface area contributed by atoms with Gasteiger partial charge in [-0.25, -0.2) is 0 Å². The fourth-order valence-corrected chi connectivity index (χ4v) is 1.83. The number of aromatic hydroxyl groups is 1. The van der Waals surface area contributed by atoms with Gasteiger partial charge in [-0.1, -0.05) is 12.1 Å². The van der Waals surface area contributed by atoms with Crippen molar-refractivity contribution < 1.29 is 30.0 Å². The number of aliphatic hydroxyl groups is 1. The second-order valence-electron chi connectivity index (χ2n) is 4.50. The van der Waals surface area contributed by atoms with Crippen LogP contribution >= 0.6 is 0 Å². The van der Waals surface area contributed by atoms with Crippen LogP contribution < -0.4 is 0 Å². The van der Waals surface area contributed by atoms with E-state index in [0.29, 0.717) is 5.56 Å². The summed E-state index contributed by atoms with van der Waals surface area (Å²) >= 11 is 0. The first-order valence-corrected chi connectivity index (χ1v) is 5.93. The molecule has 20 heavy (non-hydrogen) atoms. The number of carbonyl (C=O) groups is 2. The van der Waals surface area contributed by atoms with E-state index in [1.165, 1.54) is 24.1 Å². The Morgan fingerprint density at radius 3 is 2.45 bits per heavy atom. The molecular formula is C13H17NO6. The smallest absolute Gasteiger partial charge is 0.321 e. The number of hydrogen-bond acceptors (Lipinski definition) is 5. The van der Waals surface area contributed by atoms with Crippen molar-refractivity contribution in [1.29, 1.82) is 0 Å². The van der Waals surface area contributed by atoms with Gasteiger partial charge in [-0.15, -0.1) is 0 Å². The molecule has 7 heteroatoms. The van der Waals surface area contributed by atoms with E-state index in [2.05, 4.69) is 0 Å². The highest BCUT2D eigenvalue weighted by atomic mass is 16.4. The summed E-state index contributed by atoms with van der Waals surface area (Å²) in [6, 6.07) is 4.74. The summed E-state index contributed by atoms with van der Waals surface area (Å²) in [5, 5.41) is 37.0. The monoisotopic (exact) mass is 283 g/mol. The highest BCUT2D eigenvalue weighted by Crippen LogP contribution is 2.19. The maximum absolute atomic E-state index is 11.0. The van der Waals surface area contributed by atoms with Gasteiger partial charge in [0.2, 0.25) is 0 Å². The Morgan fingerprint density at radius 2 is 1.95 bits per heavy atom. The number of nitrogens with zero attached hydrogens (tertiary/aromatic N) is 1. The number of rotatable bonds is 7. The number of likely N-dealkylation sites (N-methyl/N-ethyl adjacent to an activating group) is 1. The predicted molar refractivity (Wildman–Crippen MR) is 69.4 cm³/mol. The Balaban J connectivity index is 2.74. The van der Waals surface area contributed by atoms with Crippen LogP contribution in [0, 0.1) is 0 Å². The molecule has 1 aromatic carbocycles. The predicted octanol–water partition coefficient (Wildman–Crippen LogP) is 0.285. The highest BCUT2D eigenvalue weighted by Gasteiger charge is 2.27. The fraction of sp³-hybridized carbons (Fsp3) is 0.385. The summed E-state index contributed by atoms with van der Waals surface area (Å²) in [5.74, 6) is -2.50. The Labute approximate surface area is 115 Å². The van der Waals surface area contributed by atoms with E-state index in [-0.39, 0.29) is 12.3 Å². The minimum absolute atomic E-state index is 0.00970. The number of phenolic OH excluding ortho intramolecular Hbond substituents is 1. The fourth-order valence-electron chi connectivity index (χ4n) is 1.83. The summed E-state index contributed by atoms with van der Waals surface area (Å²) in [6.45, 7) is -0.0618. The van der Waals surface area contributed by atoms with Crippen LogP contribution in [0.2, 0.25) is 0 Å². The lowest BCUT2D eigenvalue weighted by Crippen LogP contribution is -2.42. The summed E-state index contributed by atoms with van der Waals surface area (Å²) in [6.07, 6.45) is -1.58. The first kappa shape index (κ1) is 15.9. The molecule has 110 valence electrons. The minimum Gasteiger partial charge on any atom is -0.508 e. The standard InChI is InChI=1S/C13H17NO6/c1-14(10(13(19)20)6-12(17)18)7-11(16)8-3-2-4-9(15)5-8/h2-5,10-11,15-16H,6-7H2,1H3,(H,17,18)(H,19,20)/t10?,11-/m1/s1. The van der Waals surface area contributed by atoms with Gasteiger partial charge in [0.15, 0.2) is 0 Å².